The summed E-state index contributed by atoms with van der Waals surface area (Å²) in [6, 6.07) is 0. The predicted molar refractivity (Wildman–Crippen MR) is 280 cm³/mol. The Balaban J connectivity index is 1.71. The van der Waals surface area contributed by atoms with E-state index in [2.05, 4.69) is 38.2 Å². The van der Waals surface area contributed by atoms with Crippen LogP contribution in [-0.2, 0) is 33.2 Å². The van der Waals surface area contributed by atoms with Crippen molar-refractivity contribution in [2.24, 2.45) is 0 Å². The second-order valence-electron chi connectivity index (χ2n) is 20.5. The fraction of sp³-hybridized carbons (Fsp3) is 0.912. The second kappa shape index (κ2) is 44.7. The lowest BCUT2D eigenvalue weighted by Gasteiger charge is -2.42. The molecule has 0 bridgehead atoms. The number of rotatable bonds is 47. The Morgan fingerprint density at radius 2 is 0.873 bits per heavy atom. The maximum Gasteiger partial charge on any atom is 0.306 e. The first-order valence-corrected chi connectivity index (χ1v) is 28.9. The van der Waals surface area contributed by atoms with Crippen LogP contribution in [0.4, 0.5) is 0 Å². The van der Waals surface area contributed by atoms with Gasteiger partial charge in [-0.15, -0.1) is 0 Å². The molecule has 0 radical (unpaired) electrons. The number of hydrogen-bond acceptors (Lipinski definition) is 14. The molecular weight excluding hydrogens is 909 g/mol. The second-order valence-corrected chi connectivity index (χ2v) is 20.5. The zero-order valence-electron chi connectivity index (χ0n) is 44.7. The number of esters is 1. The standard InChI is InChI=1S/C57H106O14/c1-3-5-7-9-11-13-15-17-19-21-22-23-24-25-27-29-31-33-35-37-39-41-66-43-46(69-49(59)40-38-36-34-32-30-28-26-20-18-16-14-12-10-8-6-4-2)44-67-56-55(65)53(63)51(61)48(71-56)45-68-57-54(64)52(62)50(60)47(42-58)70-57/h14,16,20,26,46-48,50-58,60-65H,3-13,15,17-19,21-25,27-45H2,1-2H3/b16-14-,26-20-. The smallest absolute Gasteiger partial charge is 0.306 e. The summed E-state index contributed by atoms with van der Waals surface area (Å²) < 4.78 is 34.4. The summed E-state index contributed by atoms with van der Waals surface area (Å²) in [6.07, 6.45) is 33.8. The van der Waals surface area contributed by atoms with Gasteiger partial charge in [0.15, 0.2) is 12.6 Å². The van der Waals surface area contributed by atoms with Gasteiger partial charge in [-0.3, -0.25) is 4.79 Å². The summed E-state index contributed by atoms with van der Waals surface area (Å²) in [6.45, 7) is 3.70. The van der Waals surface area contributed by atoms with Crippen molar-refractivity contribution in [3.63, 3.8) is 0 Å². The number of aliphatic hydroxyl groups excluding tert-OH is 7. The number of aliphatic hydroxyl groups is 7. The predicted octanol–water partition coefficient (Wildman–Crippen LogP) is 9.97. The van der Waals surface area contributed by atoms with Gasteiger partial charge in [-0.05, 0) is 44.9 Å². The Morgan fingerprint density at radius 3 is 1.37 bits per heavy atom. The molecule has 0 aromatic carbocycles. The molecule has 2 rings (SSSR count). The SMILES string of the molecule is CCCCCC/C=C\C/C=C\CCCCCCCC(=O)OC(COCCCCCCCCCCCCCCCCCCCCCCC)COC1OC(COC2OC(CO)C(O)C(O)C2O)C(O)C(O)C1O. The highest BCUT2D eigenvalue weighted by Crippen LogP contribution is 2.27. The largest absolute Gasteiger partial charge is 0.457 e. The molecule has 0 spiro atoms. The zero-order chi connectivity index (χ0) is 51.6. The molecule has 0 amide bonds. The normalized spacial score (nSPS) is 25.4. The van der Waals surface area contributed by atoms with Gasteiger partial charge in [0.25, 0.3) is 0 Å². The highest BCUT2D eigenvalue weighted by molar-refractivity contribution is 5.69. The summed E-state index contributed by atoms with van der Waals surface area (Å²) in [4.78, 5) is 13.0. The lowest BCUT2D eigenvalue weighted by atomic mass is 9.98. The maximum absolute atomic E-state index is 13.0. The van der Waals surface area contributed by atoms with Crippen LogP contribution in [0.3, 0.4) is 0 Å². The molecule has 0 aliphatic carbocycles. The van der Waals surface area contributed by atoms with Gasteiger partial charge < -0.3 is 64.2 Å². The highest BCUT2D eigenvalue weighted by Gasteiger charge is 2.47. The molecule has 14 nitrogen and oxygen atoms in total. The topological polar surface area (TPSA) is 214 Å². The molecule has 0 saturated carbocycles. The molecule has 0 aromatic rings. The Labute approximate surface area is 430 Å². The average molecular weight is 1020 g/mol. The molecule has 2 fully saturated rings. The third-order valence-electron chi connectivity index (χ3n) is 14.0. The van der Waals surface area contributed by atoms with Crippen LogP contribution in [0.2, 0.25) is 0 Å². The molecule has 2 aliphatic rings. The summed E-state index contributed by atoms with van der Waals surface area (Å²) in [7, 11) is 0. The van der Waals surface area contributed by atoms with E-state index >= 15 is 0 Å². The van der Waals surface area contributed by atoms with E-state index in [1.165, 1.54) is 141 Å². The quantitative estimate of drug-likeness (QED) is 0.0172. The Hall–Kier alpha value is -1.53. The van der Waals surface area contributed by atoms with Gasteiger partial charge in [0, 0.05) is 13.0 Å². The summed E-state index contributed by atoms with van der Waals surface area (Å²) in [5, 5.41) is 72.3. The number of carbonyl (C=O) groups is 1. The Morgan fingerprint density at radius 1 is 0.465 bits per heavy atom. The van der Waals surface area contributed by atoms with Gasteiger partial charge in [0.05, 0.1) is 26.4 Å². The van der Waals surface area contributed by atoms with Crippen molar-refractivity contribution in [1.29, 1.82) is 0 Å². The molecular formula is C57H106O14. The van der Waals surface area contributed by atoms with Crippen molar-refractivity contribution in [3.05, 3.63) is 24.3 Å². The van der Waals surface area contributed by atoms with E-state index in [9.17, 15) is 40.5 Å². The van der Waals surface area contributed by atoms with E-state index in [4.69, 9.17) is 28.4 Å². The Kier molecular flexibility index (Phi) is 41.3. The number of hydrogen-bond donors (Lipinski definition) is 7. The minimum absolute atomic E-state index is 0.0604. The van der Waals surface area contributed by atoms with E-state index in [-0.39, 0.29) is 25.6 Å². The van der Waals surface area contributed by atoms with Crippen molar-refractivity contribution in [1.82, 2.24) is 0 Å². The number of allylic oxidation sites excluding steroid dienone is 4. The van der Waals surface area contributed by atoms with E-state index in [1.54, 1.807) is 0 Å². The maximum atomic E-state index is 13.0. The van der Waals surface area contributed by atoms with Crippen LogP contribution in [0.1, 0.15) is 232 Å². The first-order valence-electron chi connectivity index (χ1n) is 28.9. The minimum atomic E-state index is -1.71. The minimum Gasteiger partial charge on any atom is -0.457 e. The van der Waals surface area contributed by atoms with E-state index in [0.29, 0.717) is 13.0 Å². The van der Waals surface area contributed by atoms with Crippen molar-refractivity contribution >= 4 is 5.97 Å². The number of ether oxygens (including phenoxy) is 6. The van der Waals surface area contributed by atoms with Gasteiger partial charge in [-0.25, -0.2) is 0 Å². The van der Waals surface area contributed by atoms with Crippen LogP contribution in [0, 0.1) is 0 Å². The molecule has 418 valence electrons. The molecule has 14 heteroatoms. The molecule has 7 N–H and O–H groups in total. The van der Waals surface area contributed by atoms with E-state index < -0.39 is 80.7 Å². The van der Waals surface area contributed by atoms with Gasteiger partial charge >= 0.3 is 5.97 Å². The molecule has 0 aromatic heterocycles. The van der Waals surface area contributed by atoms with E-state index in [1.807, 2.05) is 0 Å². The van der Waals surface area contributed by atoms with Gasteiger partial charge in [0.1, 0.15) is 54.9 Å². The lowest BCUT2D eigenvalue weighted by molar-refractivity contribution is -0.332. The van der Waals surface area contributed by atoms with Gasteiger partial charge in [-0.2, -0.15) is 0 Å². The third kappa shape index (κ3) is 31.8. The van der Waals surface area contributed by atoms with Crippen LogP contribution in [0.5, 0.6) is 0 Å². The van der Waals surface area contributed by atoms with Crippen molar-refractivity contribution in [3.8, 4) is 0 Å². The van der Waals surface area contributed by atoms with Gasteiger partial charge in [-0.1, -0.05) is 205 Å². The molecule has 2 heterocycles. The summed E-state index contributed by atoms with van der Waals surface area (Å²) in [5.41, 5.74) is 0. The third-order valence-corrected chi connectivity index (χ3v) is 14.0. The van der Waals surface area contributed by atoms with Crippen molar-refractivity contribution < 1.29 is 69.0 Å². The van der Waals surface area contributed by atoms with Gasteiger partial charge in [0.2, 0.25) is 0 Å². The van der Waals surface area contributed by atoms with E-state index in [0.717, 1.165) is 64.2 Å². The van der Waals surface area contributed by atoms with Crippen molar-refractivity contribution in [2.45, 2.75) is 300 Å². The van der Waals surface area contributed by atoms with Crippen LogP contribution in [0.15, 0.2) is 24.3 Å². The first kappa shape index (κ1) is 65.6. The number of carbonyl (C=O) groups excluding carboxylic acids is 1. The fourth-order valence-corrected chi connectivity index (χ4v) is 9.26. The fourth-order valence-electron chi connectivity index (χ4n) is 9.26. The monoisotopic (exact) mass is 1010 g/mol. The van der Waals surface area contributed by atoms with Crippen LogP contribution in [0.25, 0.3) is 0 Å². The molecule has 71 heavy (non-hydrogen) atoms. The number of unbranched alkanes of at least 4 members (excludes halogenated alkanes) is 29. The first-order chi connectivity index (χ1) is 34.6. The zero-order valence-corrected chi connectivity index (χ0v) is 44.7. The molecule has 11 atom stereocenters. The van der Waals surface area contributed by atoms with Crippen LogP contribution < -0.4 is 0 Å². The summed E-state index contributed by atoms with van der Waals surface area (Å²) in [5.74, 6) is -0.385. The molecule has 2 saturated heterocycles. The summed E-state index contributed by atoms with van der Waals surface area (Å²) >= 11 is 0. The van der Waals surface area contributed by atoms with Crippen LogP contribution >= 0.6 is 0 Å². The Bertz CT molecular complexity index is 1270. The lowest BCUT2D eigenvalue weighted by Crippen LogP contribution is -2.61. The molecule has 11 unspecified atom stereocenters. The van der Waals surface area contributed by atoms with Crippen molar-refractivity contribution in [2.75, 3.05) is 33.0 Å². The molecule has 2 aliphatic heterocycles. The highest BCUT2D eigenvalue weighted by atomic mass is 16.7. The average Bonchev–Trinajstić information content (AvgIpc) is 3.37. The van der Waals surface area contributed by atoms with Crippen LogP contribution in [-0.4, -0.2) is 142 Å².